The lowest BCUT2D eigenvalue weighted by molar-refractivity contribution is 0.0956. The number of carbonyl (C=O) groups is 1. The fraction of sp³-hybridized carbons (Fsp3) is 0.267. The molecule has 0 bridgehead atoms. The summed E-state index contributed by atoms with van der Waals surface area (Å²) < 4.78 is 0.762. The van der Waals surface area contributed by atoms with Crippen LogP contribution >= 0.6 is 22.9 Å². The molecule has 0 aliphatic heterocycles. The fourth-order valence-electron chi connectivity index (χ4n) is 1.96. The predicted octanol–water partition coefficient (Wildman–Crippen LogP) is 3.91. The maximum absolute atomic E-state index is 11.8. The smallest absolute Gasteiger partial charge is 0.251 e. The molecule has 0 saturated heterocycles. The number of carbonyl (C=O) groups excluding carboxylic acids is 1. The summed E-state index contributed by atoms with van der Waals surface area (Å²) in [7, 11) is 0. The highest BCUT2D eigenvalue weighted by Crippen LogP contribution is 2.30. The molecule has 6 heteroatoms. The first kappa shape index (κ1) is 15.7. The van der Waals surface area contributed by atoms with Crippen LogP contribution in [0.3, 0.4) is 0 Å². The van der Waals surface area contributed by atoms with Crippen LogP contribution in [0.15, 0.2) is 30.3 Å². The van der Waals surface area contributed by atoms with Crippen molar-refractivity contribution in [2.75, 3.05) is 17.6 Å². The van der Waals surface area contributed by atoms with Crippen molar-refractivity contribution in [2.24, 2.45) is 0 Å². The minimum atomic E-state index is -0.117. The molecule has 1 aromatic heterocycles. The molecule has 0 radical (unpaired) electrons. The molecule has 112 valence electrons. The lowest BCUT2D eigenvalue weighted by Crippen LogP contribution is -2.22. The highest BCUT2D eigenvalue weighted by molar-refractivity contribution is 7.16. The van der Waals surface area contributed by atoms with Crippen LogP contribution in [0, 0.1) is 0 Å². The molecular formula is C15H18ClN3OS. The summed E-state index contributed by atoms with van der Waals surface area (Å²) in [6, 6.07) is 9.23. The van der Waals surface area contributed by atoms with E-state index < -0.39 is 0 Å². The molecule has 4 N–H and O–H groups in total. The van der Waals surface area contributed by atoms with Crippen LogP contribution in [0.25, 0.3) is 0 Å². The van der Waals surface area contributed by atoms with Crippen LogP contribution in [0.2, 0.25) is 4.34 Å². The first-order valence-corrected chi connectivity index (χ1v) is 7.90. The van der Waals surface area contributed by atoms with Gasteiger partial charge >= 0.3 is 0 Å². The van der Waals surface area contributed by atoms with E-state index >= 15 is 0 Å². The van der Waals surface area contributed by atoms with Crippen molar-refractivity contribution in [2.45, 2.75) is 19.9 Å². The Labute approximate surface area is 133 Å². The first-order valence-electron chi connectivity index (χ1n) is 6.70. The van der Waals surface area contributed by atoms with Crippen molar-refractivity contribution in [1.82, 2.24) is 5.32 Å². The zero-order valence-corrected chi connectivity index (χ0v) is 13.5. The second-order valence-electron chi connectivity index (χ2n) is 4.67. The Bertz CT molecular complexity index is 642. The molecule has 2 aromatic rings. The Morgan fingerprint density at radius 2 is 2.14 bits per heavy atom. The number of anilines is 2. The summed E-state index contributed by atoms with van der Waals surface area (Å²) in [5, 5.41) is 6.08. The molecule has 0 saturated carbocycles. The summed E-state index contributed by atoms with van der Waals surface area (Å²) in [5.74, 6) is -0.117. The van der Waals surface area contributed by atoms with Gasteiger partial charge in [0.1, 0.15) is 0 Å². The molecule has 0 spiro atoms. The topological polar surface area (TPSA) is 67.2 Å². The monoisotopic (exact) mass is 323 g/mol. The molecule has 21 heavy (non-hydrogen) atoms. The summed E-state index contributed by atoms with van der Waals surface area (Å²) >= 11 is 7.48. The van der Waals surface area contributed by atoms with Crippen LogP contribution in [0.4, 0.5) is 11.4 Å². The van der Waals surface area contributed by atoms with Crippen LogP contribution in [-0.4, -0.2) is 12.5 Å². The van der Waals surface area contributed by atoms with Gasteiger partial charge in [0.2, 0.25) is 0 Å². The highest BCUT2D eigenvalue weighted by atomic mass is 35.5. The zero-order valence-electron chi connectivity index (χ0n) is 11.9. The van der Waals surface area contributed by atoms with Gasteiger partial charge in [0.05, 0.1) is 21.8 Å². The van der Waals surface area contributed by atoms with Crippen LogP contribution in [-0.2, 0) is 0 Å². The molecule has 2 rings (SSSR count). The number of nitrogens with one attached hydrogen (secondary N) is 2. The summed E-state index contributed by atoms with van der Waals surface area (Å²) in [6.45, 7) is 4.51. The molecule has 1 unspecified atom stereocenters. The van der Waals surface area contributed by atoms with Gasteiger partial charge in [0, 0.05) is 17.0 Å². The average molecular weight is 324 g/mol. The van der Waals surface area contributed by atoms with Crippen molar-refractivity contribution >= 4 is 40.2 Å². The number of nitrogens with two attached hydrogens (primary N) is 1. The summed E-state index contributed by atoms with van der Waals surface area (Å²) in [4.78, 5) is 12.9. The second kappa shape index (κ2) is 6.83. The number of nitrogen functional groups attached to an aromatic ring is 1. The Balaban J connectivity index is 2.12. The summed E-state index contributed by atoms with van der Waals surface area (Å²) in [5.41, 5.74) is 7.94. The van der Waals surface area contributed by atoms with E-state index in [1.165, 1.54) is 11.3 Å². The molecule has 1 amide bonds. The first-order chi connectivity index (χ1) is 10.0. The molecule has 0 aliphatic rings. The van der Waals surface area contributed by atoms with E-state index in [0.29, 0.717) is 17.8 Å². The van der Waals surface area contributed by atoms with Crippen molar-refractivity contribution in [1.29, 1.82) is 0 Å². The predicted molar refractivity (Wildman–Crippen MR) is 90.2 cm³/mol. The molecule has 0 aliphatic carbocycles. The van der Waals surface area contributed by atoms with E-state index in [-0.39, 0.29) is 11.9 Å². The number of halogens is 1. The van der Waals surface area contributed by atoms with Gasteiger partial charge in [-0.1, -0.05) is 11.6 Å². The Morgan fingerprint density at radius 3 is 2.71 bits per heavy atom. The molecule has 1 heterocycles. The Morgan fingerprint density at radius 1 is 1.38 bits per heavy atom. The third kappa shape index (κ3) is 3.89. The highest BCUT2D eigenvalue weighted by Gasteiger charge is 2.11. The lowest BCUT2D eigenvalue weighted by atomic mass is 10.1. The van der Waals surface area contributed by atoms with E-state index in [1.807, 2.05) is 32.0 Å². The zero-order chi connectivity index (χ0) is 15.4. The minimum absolute atomic E-state index is 0.0973. The van der Waals surface area contributed by atoms with Crippen LogP contribution in [0.1, 0.15) is 35.1 Å². The number of thiophene rings is 1. The van der Waals surface area contributed by atoms with Crippen molar-refractivity contribution < 1.29 is 4.79 Å². The summed E-state index contributed by atoms with van der Waals surface area (Å²) in [6.07, 6.45) is 0. The van der Waals surface area contributed by atoms with Gasteiger partial charge in [0.15, 0.2) is 0 Å². The largest absolute Gasteiger partial charge is 0.397 e. The van der Waals surface area contributed by atoms with Crippen molar-refractivity contribution in [3.8, 4) is 0 Å². The van der Waals surface area contributed by atoms with E-state index in [9.17, 15) is 4.79 Å². The van der Waals surface area contributed by atoms with Gasteiger partial charge in [-0.3, -0.25) is 4.79 Å². The SMILES string of the molecule is CCNC(=O)c1ccc(NC(C)c2ccc(Cl)s2)c(N)c1. The third-order valence-corrected chi connectivity index (χ3v) is 4.46. The Hall–Kier alpha value is -1.72. The fourth-order valence-corrected chi connectivity index (χ4v) is 3.03. The molecular weight excluding hydrogens is 306 g/mol. The number of hydrogen-bond acceptors (Lipinski definition) is 4. The third-order valence-electron chi connectivity index (χ3n) is 3.04. The van der Waals surface area contributed by atoms with Gasteiger partial charge in [-0.15, -0.1) is 11.3 Å². The molecule has 1 atom stereocenters. The number of amides is 1. The molecule has 0 fully saturated rings. The standard InChI is InChI=1S/C15H18ClN3OS/c1-3-18-15(20)10-4-5-12(11(17)8-10)19-9(2)13-6-7-14(16)21-13/h4-9,19H,3,17H2,1-2H3,(H,18,20). The Kier molecular flexibility index (Phi) is 5.09. The van der Waals surface area contributed by atoms with Gasteiger partial charge in [-0.2, -0.15) is 0 Å². The van der Waals surface area contributed by atoms with E-state index in [0.717, 1.165) is 14.9 Å². The normalized spacial score (nSPS) is 12.0. The van der Waals surface area contributed by atoms with E-state index in [2.05, 4.69) is 10.6 Å². The van der Waals surface area contributed by atoms with Gasteiger partial charge < -0.3 is 16.4 Å². The van der Waals surface area contributed by atoms with Gasteiger partial charge in [-0.05, 0) is 44.2 Å². The number of rotatable bonds is 5. The van der Waals surface area contributed by atoms with Crippen molar-refractivity contribution in [3.63, 3.8) is 0 Å². The number of benzene rings is 1. The second-order valence-corrected chi connectivity index (χ2v) is 6.42. The van der Waals surface area contributed by atoms with Gasteiger partial charge in [-0.25, -0.2) is 0 Å². The van der Waals surface area contributed by atoms with E-state index in [1.54, 1.807) is 12.1 Å². The molecule has 4 nitrogen and oxygen atoms in total. The van der Waals surface area contributed by atoms with E-state index in [4.69, 9.17) is 17.3 Å². The minimum Gasteiger partial charge on any atom is -0.397 e. The lowest BCUT2D eigenvalue weighted by Gasteiger charge is -2.16. The maximum Gasteiger partial charge on any atom is 0.251 e. The van der Waals surface area contributed by atoms with Gasteiger partial charge in [0.25, 0.3) is 5.91 Å². The maximum atomic E-state index is 11.8. The van der Waals surface area contributed by atoms with Crippen LogP contribution in [0.5, 0.6) is 0 Å². The molecule has 1 aromatic carbocycles. The number of hydrogen-bond donors (Lipinski definition) is 3. The average Bonchev–Trinajstić information content (AvgIpc) is 2.88. The van der Waals surface area contributed by atoms with Crippen LogP contribution < -0.4 is 16.4 Å². The van der Waals surface area contributed by atoms with Crippen molar-refractivity contribution in [3.05, 3.63) is 45.1 Å². The quantitative estimate of drug-likeness (QED) is 0.731.